The average molecular weight is 450 g/mol. The maximum atomic E-state index is 13.2. The first-order valence-electron chi connectivity index (χ1n) is 11.4. The molecule has 0 aliphatic rings. The Morgan fingerprint density at radius 3 is 2.34 bits per heavy atom. The number of amides is 3. The van der Waals surface area contributed by atoms with Crippen LogP contribution in [-0.4, -0.2) is 53.1 Å². The number of carbonyl (C=O) groups is 3. The highest BCUT2D eigenvalue weighted by Gasteiger charge is 2.31. The Morgan fingerprint density at radius 2 is 1.75 bits per heavy atom. The Hall–Kier alpha value is -2.77. The van der Waals surface area contributed by atoms with Gasteiger partial charge in [-0.1, -0.05) is 45.2 Å². The fraction of sp³-hybridized carbons (Fsp3) is 0.625. The minimum atomic E-state index is -0.914. The third kappa shape index (κ3) is 10.0. The molecule has 0 aliphatic heterocycles. The number of benzene rings is 1. The second-order valence-electron chi connectivity index (χ2n) is 8.79. The molecule has 1 atom stereocenters. The van der Waals surface area contributed by atoms with Crippen LogP contribution in [0, 0.1) is 0 Å². The summed E-state index contributed by atoms with van der Waals surface area (Å²) >= 11 is 0. The molecule has 0 saturated carbocycles. The van der Waals surface area contributed by atoms with Gasteiger partial charge in [-0.05, 0) is 51.3 Å². The largest absolute Gasteiger partial charge is 0.508 e. The van der Waals surface area contributed by atoms with Gasteiger partial charge in [-0.3, -0.25) is 9.59 Å². The first kappa shape index (κ1) is 27.3. The van der Waals surface area contributed by atoms with E-state index in [-0.39, 0.29) is 18.2 Å². The van der Waals surface area contributed by atoms with Crippen LogP contribution in [0.15, 0.2) is 24.3 Å². The van der Waals surface area contributed by atoms with Crippen LogP contribution in [0.4, 0.5) is 4.79 Å². The predicted molar refractivity (Wildman–Crippen MR) is 124 cm³/mol. The molecule has 0 fully saturated rings. The molecule has 1 aromatic carbocycles. The molecule has 0 saturated heterocycles. The van der Waals surface area contributed by atoms with Crippen molar-refractivity contribution in [3.63, 3.8) is 0 Å². The lowest BCUT2D eigenvalue weighted by molar-refractivity contribution is -0.140. The van der Waals surface area contributed by atoms with Crippen LogP contribution in [-0.2, 0) is 14.3 Å². The first-order chi connectivity index (χ1) is 15.1. The van der Waals surface area contributed by atoms with E-state index < -0.39 is 23.6 Å². The number of unbranched alkanes of at least 4 members (excludes halogenated alkanes) is 3. The molecule has 0 heterocycles. The van der Waals surface area contributed by atoms with Crippen molar-refractivity contribution in [1.29, 1.82) is 0 Å². The van der Waals surface area contributed by atoms with Gasteiger partial charge in [0.2, 0.25) is 11.8 Å². The van der Waals surface area contributed by atoms with Crippen molar-refractivity contribution in [2.75, 3.05) is 19.6 Å². The molecule has 3 amide bonds. The van der Waals surface area contributed by atoms with Crippen LogP contribution in [0.1, 0.15) is 78.3 Å². The lowest BCUT2D eigenvalue weighted by atomic mass is 10.0. The van der Waals surface area contributed by atoms with E-state index in [0.717, 1.165) is 25.7 Å². The highest BCUT2D eigenvalue weighted by Crippen LogP contribution is 2.25. The molecule has 0 bridgehead atoms. The average Bonchev–Trinajstić information content (AvgIpc) is 2.71. The van der Waals surface area contributed by atoms with E-state index in [1.807, 2.05) is 6.92 Å². The Morgan fingerprint density at radius 1 is 1.06 bits per heavy atom. The molecular weight excluding hydrogens is 410 g/mol. The summed E-state index contributed by atoms with van der Waals surface area (Å²) < 4.78 is 5.20. The van der Waals surface area contributed by atoms with E-state index in [4.69, 9.17) is 4.74 Å². The number of phenols is 1. The lowest BCUT2D eigenvalue weighted by Crippen LogP contribution is -2.48. The number of nitrogens with one attached hydrogen (secondary N) is 2. The van der Waals surface area contributed by atoms with Crippen LogP contribution in [0.25, 0.3) is 0 Å². The van der Waals surface area contributed by atoms with Crippen LogP contribution < -0.4 is 10.6 Å². The summed E-state index contributed by atoms with van der Waals surface area (Å²) in [6, 6.07) is 5.45. The van der Waals surface area contributed by atoms with Gasteiger partial charge in [0.1, 0.15) is 23.9 Å². The number of rotatable bonds is 12. The summed E-state index contributed by atoms with van der Waals surface area (Å²) in [5.41, 5.74) is -0.169. The summed E-state index contributed by atoms with van der Waals surface area (Å²) in [5, 5.41) is 15.4. The van der Waals surface area contributed by atoms with Crippen LogP contribution in [0.3, 0.4) is 0 Å². The summed E-state index contributed by atoms with van der Waals surface area (Å²) in [7, 11) is 0. The number of aromatic hydroxyl groups is 1. The van der Waals surface area contributed by atoms with Gasteiger partial charge in [-0.15, -0.1) is 0 Å². The monoisotopic (exact) mass is 449 g/mol. The molecule has 32 heavy (non-hydrogen) atoms. The van der Waals surface area contributed by atoms with Crippen molar-refractivity contribution >= 4 is 17.9 Å². The fourth-order valence-corrected chi connectivity index (χ4v) is 3.14. The summed E-state index contributed by atoms with van der Waals surface area (Å²) in [6.07, 6.45) is 3.70. The summed E-state index contributed by atoms with van der Waals surface area (Å²) in [6.45, 7) is 9.85. The van der Waals surface area contributed by atoms with E-state index in [1.54, 1.807) is 32.9 Å². The first-order valence-corrected chi connectivity index (χ1v) is 11.4. The van der Waals surface area contributed by atoms with E-state index >= 15 is 0 Å². The Balaban J connectivity index is 3.09. The summed E-state index contributed by atoms with van der Waals surface area (Å²) in [5.74, 6) is -0.698. The van der Waals surface area contributed by atoms with Crippen molar-refractivity contribution in [2.24, 2.45) is 0 Å². The van der Waals surface area contributed by atoms with Gasteiger partial charge in [0.05, 0.1) is 0 Å². The second kappa shape index (κ2) is 13.6. The second-order valence-corrected chi connectivity index (χ2v) is 8.79. The molecule has 0 aromatic heterocycles. The normalized spacial score (nSPS) is 12.0. The van der Waals surface area contributed by atoms with Gasteiger partial charge >= 0.3 is 6.09 Å². The van der Waals surface area contributed by atoms with Crippen molar-refractivity contribution in [1.82, 2.24) is 15.5 Å². The third-order valence-corrected chi connectivity index (χ3v) is 4.68. The molecule has 1 aromatic rings. The van der Waals surface area contributed by atoms with Gasteiger partial charge in [0.15, 0.2) is 0 Å². The van der Waals surface area contributed by atoms with Crippen molar-refractivity contribution < 1.29 is 24.2 Å². The molecular formula is C24H39N3O5. The molecule has 0 spiro atoms. The van der Waals surface area contributed by atoms with Crippen LogP contribution in [0.2, 0.25) is 0 Å². The predicted octanol–water partition coefficient (Wildman–Crippen LogP) is 3.89. The van der Waals surface area contributed by atoms with E-state index in [2.05, 4.69) is 17.6 Å². The van der Waals surface area contributed by atoms with Crippen molar-refractivity contribution in [3.8, 4) is 5.75 Å². The highest BCUT2D eigenvalue weighted by atomic mass is 16.6. The quantitative estimate of drug-likeness (QED) is 0.420. The Kier molecular flexibility index (Phi) is 11.6. The zero-order valence-electron chi connectivity index (χ0n) is 20.1. The van der Waals surface area contributed by atoms with Crippen LogP contribution >= 0.6 is 0 Å². The van der Waals surface area contributed by atoms with Gasteiger partial charge in [0, 0.05) is 13.1 Å². The minimum Gasteiger partial charge on any atom is -0.508 e. The SMILES string of the molecule is CCCCCNC(=O)C(c1cccc(O)c1)N(CCCC)C(=O)CNC(=O)OC(C)(C)C. The third-order valence-electron chi connectivity index (χ3n) is 4.68. The van der Waals surface area contributed by atoms with Gasteiger partial charge in [0.25, 0.3) is 0 Å². The smallest absolute Gasteiger partial charge is 0.408 e. The molecule has 8 nitrogen and oxygen atoms in total. The van der Waals surface area contributed by atoms with E-state index in [0.29, 0.717) is 25.1 Å². The van der Waals surface area contributed by atoms with Crippen molar-refractivity contribution in [2.45, 2.75) is 78.4 Å². The maximum Gasteiger partial charge on any atom is 0.408 e. The molecule has 3 N–H and O–H groups in total. The number of phenolic OH excluding ortho intramolecular Hbond substituents is 1. The maximum absolute atomic E-state index is 13.2. The highest BCUT2D eigenvalue weighted by molar-refractivity contribution is 5.90. The number of carbonyl (C=O) groups excluding carboxylic acids is 3. The fourth-order valence-electron chi connectivity index (χ4n) is 3.14. The number of nitrogens with zero attached hydrogens (tertiary/aromatic N) is 1. The lowest BCUT2D eigenvalue weighted by Gasteiger charge is -2.32. The molecule has 0 aliphatic carbocycles. The molecule has 1 rings (SSSR count). The molecule has 1 unspecified atom stereocenters. The van der Waals surface area contributed by atoms with Crippen LogP contribution in [0.5, 0.6) is 5.75 Å². The zero-order valence-corrected chi connectivity index (χ0v) is 20.1. The van der Waals surface area contributed by atoms with Gasteiger partial charge in [-0.25, -0.2) is 4.79 Å². The minimum absolute atomic E-state index is 0.0149. The summed E-state index contributed by atoms with van der Waals surface area (Å²) in [4.78, 5) is 39.7. The standard InChI is InChI=1S/C24H39N3O5/c1-6-8-10-14-25-22(30)21(18-12-11-13-19(28)16-18)27(15-9-7-2)20(29)17-26-23(31)32-24(3,4)5/h11-13,16,21,28H,6-10,14-15,17H2,1-5H3,(H,25,30)(H,26,31). The Labute approximate surface area is 191 Å². The van der Waals surface area contributed by atoms with E-state index in [1.165, 1.54) is 17.0 Å². The number of hydrogen-bond acceptors (Lipinski definition) is 5. The number of ether oxygens (including phenoxy) is 1. The topological polar surface area (TPSA) is 108 Å². The van der Waals surface area contributed by atoms with E-state index in [9.17, 15) is 19.5 Å². The molecule has 180 valence electrons. The zero-order chi connectivity index (χ0) is 24.1. The van der Waals surface area contributed by atoms with Gasteiger partial charge in [-0.2, -0.15) is 0 Å². The molecule has 8 heteroatoms. The van der Waals surface area contributed by atoms with Crippen molar-refractivity contribution in [3.05, 3.63) is 29.8 Å². The van der Waals surface area contributed by atoms with Gasteiger partial charge < -0.3 is 25.4 Å². The number of hydrogen-bond donors (Lipinski definition) is 3. The Bertz CT molecular complexity index is 745. The molecule has 0 radical (unpaired) electrons. The number of alkyl carbamates (subject to hydrolysis) is 1.